The maximum Gasteiger partial charge on any atom is 0.387 e. The van der Waals surface area contributed by atoms with Crippen LogP contribution in [0.4, 0.5) is 14.5 Å². The number of halogens is 2. The first kappa shape index (κ1) is 20.8. The van der Waals surface area contributed by atoms with Crippen molar-refractivity contribution in [1.82, 2.24) is 10.1 Å². The molecule has 0 aliphatic heterocycles. The molecule has 0 saturated carbocycles. The van der Waals surface area contributed by atoms with Crippen LogP contribution in [-0.2, 0) is 6.61 Å². The highest BCUT2D eigenvalue weighted by Crippen LogP contribution is 2.33. The summed E-state index contributed by atoms with van der Waals surface area (Å²) in [5.41, 5.74) is 0.256. The number of ether oxygens (including phenoxy) is 4. The van der Waals surface area contributed by atoms with Crippen LogP contribution in [0.1, 0.15) is 5.89 Å². The van der Waals surface area contributed by atoms with E-state index in [1.807, 2.05) is 0 Å². The van der Waals surface area contributed by atoms with Gasteiger partial charge in [0.05, 0.1) is 25.2 Å². The fraction of sp³-hybridized carbons (Fsp3) is 0.222. The summed E-state index contributed by atoms with van der Waals surface area (Å²) in [6.07, 6.45) is 0. The largest absolute Gasteiger partial charge is 0.493 e. The molecule has 30 heavy (non-hydrogen) atoms. The normalized spacial score (nSPS) is 10.7. The Labute approximate surface area is 168 Å². The van der Waals surface area contributed by atoms with Crippen LogP contribution in [0, 0.1) is 10.1 Å². The fourth-order valence-electron chi connectivity index (χ4n) is 2.46. The maximum absolute atomic E-state index is 12.4. The SMILES string of the molecule is COc1ccc([N+](=O)[O-])cc1OCc1nc(-c2ccc(OC(F)F)c(OC)c2)no1. The number of nitro groups is 1. The minimum absolute atomic E-state index is 0.0664. The number of hydrogen-bond donors (Lipinski definition) is 0. The molecule has 0 amide bonds. The second-order valence-electron chi connectivity index (χ2n) is 5.64. The quantitative estimate of drug-likeness (QED) is 0.373. The number of nitrogens with zero attached hydrogens (tertiary/aromatic N) is 3. The molecule has 3 rings (SSSR count). The van der Waals surface area contributed by atoms with E-state index in [4.69, 9.17) is 18.7 Å². The van der Waals surface area contributed by atoms with Gasteiger partial charge in [-0.15, -0.1) is 0 Å². The first-order chi connectivity index (χ1) is 14.4. The molecule has 0 aliphatic carbocycles. The van der Waals surface area contributed by atoms with Gasteiger partial charge in [0, 0.05) is 11.6 Å². The lowest BCUT2D eigenvalue weighted by atomic mass is 10.2. The van der Waals surface area contributed by atoms with Crippen LogP contribution in [0.5, 0.6) is 23.0 Å². The number of benzene rings is 2. The fourth-order valence-corrected chi connectivity index (χ4v) is 2.46. The molecule has 158 valence electrons. The summed E-state index contributed by atoms with van der Waals surface area (Å²) in [7, 11) is 2.70. The summed E-state index contributed by atoms with van der Waals surface area (Å²) in [6, 6.07) is 8.06. The van der Waals surface area contributed by atoms with Gasteiger partial charge in [-0.3, -0.25) is 10.1 Å². The van der Waals surface area contributed by atoms with Crippen molar-refractivity contribution in [1.29, 1.82) is 0 Å². The van der Waals surface area contributed by atoms with Gasteiger partial charge in [-0.05, 0) is 24.3 Å². The first-order valence-corrected chi connectivity index (χ1v) is 8.32. The van der Waals surface area contributed by atoms with Crippen molar-refractivity contribution >= 4 is 5.69 Å². The van der Waals surface area contributed by atoms with Crippen LogP contribution in [0.15, 0.2) is 40.9 Å². The van der Waals surface area contributed by atoms with Gasteiger partial charge in [-0.2, -0.15) is 13.8 Å². The molecule has 1 heterocycles. The van der Waals surface area contributed by atoms with E-state index in [9.17, 15) is 18.9 Å². The maximum atomic E-state index is 12.4. The van der Waals surface area contributed by atoms with Gasteiger partial charge in [0.25, 0.3) is 11.6 Å². The molecule has 0 aliphatic rings. The third-order valence-electron chi connectivity index (χ3n) is 3.82. The molecule has 0 atom stereocenters. The Bertz CT molecular complexity index is 1040. The standard InChI is InChI=1S/C18H15F2N3O7/c1-26-12-6-4-11(23(24)25)8-15(12)28-9-16-21-17(22-30-16)10-3-5-13(29-18(19)20)14(7-10)27-2/h3-8,18H,9H2,1-2H3. The molecule has 0 bridgehead atoms. The van der Waals surface area contributed by atoms with E-state index in [1.54, 1.807) is 0 Å². The van der Waals surface area contributed by atoms with Crippen molar-refractivity contribution < 1.29 is 37.2 Å². The van der Waals surface area contributed by atoms with Crippen molar-refractivity contribution in [2.45, 2.75) is 13.2 Å². The number of methoxy groups -OCH3 is 2. The van der Waals surface area contributed by atoms with Crippen LogP contribution < -0.4 is 18.9 Å². The Morgan fingerprint density at radius 1 is 1.07 bits per heavy atom. The van der Waals surface area contributed by atoms with Gasteiger partial charge in [-0.1, -0.05) is 5.16 Å². The van der Waals surface area contributed by atoms with Gasteiger partial charge in [-0.25, -0.2) is 0 Å². The average Bonchev–Trinajstić information content (AvgIpc) is 3.20. The molecule has 0 N–H and O–H groups in total. The third kappa shape index (κ3) is 4.71. The van der Waals surface area contributed by atoms with E-state index in [-0.39, 0.29) is 41.3 Å². The van der Waals surface area contributed by atoms with Crippen LogP contribution in [-0.4, -0.2) is 35.9 Å². The van der Waals surface area contributed by atoms with Gasteiger partial charge in [0.1, 0.15) is 0 Å². The van der Waals surface area contributed by atoms with Gasteiger partial charge >= 0.3 is 6.61 Å². The summed E-state index contributed by atoms with van der Waals surface area (Å²) in [4.78, 5) is 14.5. The summed E-state index contributed by atoms with van der Waals surface area (Å²) in [6.45, 7) is -3.18. The predicted molar refractivity (Wildman–Crippen MR) is 96.9 cm³/mol. The molecular weight excluding hydrogens is 408 g/mol. The average molecular weight is 423 g/mol. The summed E-state index contributed by atoms with van der Waals surface area (Å²) >= 11 is 0. The van der Waals surface area contributed by atoms with Crippen LogP contribution in [0.3, 0.4) is 0 Å². The lowest BCUT2D eigenvalue weighted by Crippen LogP contribution is -2.03. The van der Waals surface area contributed by atoms with Crippen molar-refractivity contribution in [3.63, 3.8) is 0 Å². The number of hydrogen-bond acceptors (Lipinski definition) is 9. The molecule has 1 aromatic heterocycles. The van der Waals surface area contributed by atoms with Gasteiger partial charge in [0.15, 0.2) is 29.6 Å². The minimum Gasteiger partial charge on any atom is -0.493 e. The smallest absolute Gasteiger partial charge is 0.387 e. The summed E-state index contributed by atoms with van der Waals surface area (Å²) < 4.78 is 50.0. The van der Waals surface area contributed by atoms with E-state index in [0.717, 1.165) is 0 Å². The molecule has 10 nitrogen and oxygen atoms in total. The lowest BCUT2D eigenvalue weighted by Gasteiger charge is -2.10. The number of alkyl halides is 2. The second kappa shape index (κ2) is 9.03. The van der Waals surface area contributed by atoms with E-state index in [1.165, 1.54) is 50.6 Å². The van der Waals surface area contributed by atoms with E-state index in [0.29, 0.717) is 11.3 Å². The Balaban J connectivity index is 1.76. The van der Waals surface area contributed by atoms with E-state index in [2.05, 4.69) is 14.9 Å². The molecule has 0 unspecified atom stereocenters. The van der Waals surface area contributed by atoms with Crippen molar-refractivity contribution in [3.05, 3.63) is 52.4 Å². The second-order valence-corrected chi connectivity index (χ2v) is 5.64. The van der Waals surface area contributed by atoms with Crippen molar-refractivity contribution in [3.8, 4) is 34.4 Å². The summed E-state index contributed by atoms with van der Waals surface area (Å²) in [5, 5.41) is 14.7. The number of rotatable bonds is 9. The number of nitro benzene ring substituents is 1. The third-order valence-corrected chi connectivity index (χ3v) is 3.82. The zero-order valence-corrected chi connectivity index (χ0v) is 15.7. The van der Waals surface area contributed by atoms with Gasteiger partial charge in [0.2, 0.25) is 5.82 Å². The molecule has 0 radical (unpaired) electrons. The van der Waals surface area contributed by atoms with Crippen molar-refractivity contribution in [2.24, 2.45) is 0 Å². The Morgan fingerprint density at radius 3 is 2.47 bits per heavy atom. The number of aromatic nitrogens is 2. The highest BCUT2D eigenvalue weighted by molar-refractivity contribution is 5.60. The van der Waals surface area contributed by atoms with Gasteiger partial charge < -0.3 is 23.5 Å². The van der Waals surface area contributed by atoms with E-state index >= 15 is 0 Å². The molecular formula is C18H15F2N3O7. The Morgan fingerprint density at radius 2 is 1.80 bits per heavy atom. The molecule has 2 aromatic carbocycles. The summed E-state index contributed by atoms with van der Waals surface area (Å²) in [5.74, 6) is 0.575. The Hall–Kier alpha value is -3.96. The predicted octanol–water partition coefficient (Wildman–Crippen LogP) is 3.84. The number of non-ortho nitro benzene ring substituents is 1. The van der Waals surface area contributed by atoms with Crippen LogP contribution >= 0.6 is 0 Å². The highest BCUT2D eigenvalue weighted by Gasteiger charge is 2.17. The zero-order valence-electron chi connectivity index (χ0n) is 15.7. The molecule has 3 aromatic rings. The molecule has 0 spiro atoms. The molecule has 0 saturated heterocycles. The monoisotopic (exact) mass is 423 g/mol. The molecule has 12 heteroatoms. The minimum atomic E-state index is -3.00. The van der Waals surface area contributed by atoms with Crippen molar-refractivity contribution in [2.75, 3.05) is 14.2 Å². The first-order valence-electron chi connectivity index (χ1n) is 8.32. The van der Waals surface area contributed by atoms with Crippen LogP contribution in [0.2, 0.25) is 0 Å². The zero-order chi connectivity index (χ0) is 21.7. The Kier molecular flexibility index (Phi) is 6.25. The van der Waals surface area contributed by atoms with Crippen LogP contribution in [0.25, 0.3) is 11.4 Å². The van der Waals surface area contributed by atoms with E-state index < -0.39 is 11.5 Å². The molecule has 0 fully saturated rings. The lowest BCUT2D eigenvalue weighted by molar-refractivity contribution is -0.385. The topological polar surface area (TPSA) is 119 Å². The highest BCUT2D eigenvalue weighted by atomic mass is 19.3.